The van der Waals surface area contributed by atoms with Crippen LogP contribution in [0, 0.1) is 5.92 Å². The van der Waals surface area contributed by atoms with Crippen LogP contribution in [0.2, 0.25) is 0 Å². The van der Waals surface area contributed by atoms with E-state index in [4.69, 9.17) is 4.74 Å². The number of hydrogen-bond acceptors (Lipinski definition) is 3. The molecular weight excluding hydrogens is 190 g/mol. The van der Waals surface area contributed by atoms with Crippen LogP contribution in [0.5, 0.6) is 0 Å². The average molecular weight is 211 g/mol. The number of hydrogen-bond donors (Lipinski definition) is 1. The number of carbonyl (C=O) groups excluding carboxylic acids is 1. The Morgan fingerprint density at radius 1 is 1.47 bits per heavy atom. The van der Waals surface area contributed by atoms with Crippen LogP contribution in [0.3, 0.4) is 0 Å². The summed E-state index contributed by atoms with van der Waals surface area (Å²) in [7, 11) is 0. The van der Waals surface area contributed by atoms with Crippen molar-refractivity contribution in [1.29, 1.82) is 0 Å². The predicted octanol–water partition coefficient (Wildman–Crippen LogP) is 1.54. The van der Waals surface area contributed by atoms with Crippen molar-refractivity contribution in [3.8, 4) is 0 Å². The highest BCUT2D eigenvalue weighted by Gasteiger charge is 2.32. The van der Waals surface area contributed by atoms with E-state index in [9.17, 15) is 4.79 Å². The first-order valence-electron chi connectivity index (χ1n) is 5.69. The molecule has 0 amide bonds. The van der Waals surface area contributed by atoms with Crippen LogP contribution in [0.4, 0.5) is 0 Å². The summed E-state index contributed by atoms with van der Waals surface area (Å²) in [6, 6.07) is 0.201. The SMILES string of the molecule is C=C(CC)CC(=O)C1COCC1NCC. The number of rotatable bonds is 6. The third-order valence-corrected chi connectivity index (χ3v) is 2.88. The molecule has 1 N–H and O–H groups in total. The fraction of sp³-hybridized carbons (Fsp3) is 0.750. The van der Waals surface area contributed by atoms with Crippen LogP contribution >= 0.6 is 0 Å². The highest BCUT2D eigenvalue weighted by Crippen LogP contribution is 2.18. The number of nitrogens with one attached hydrogen (secondary N) is 1. The van der Waals surface area contributed by atoms with Crippen molar-refractivity contribution in [2.24, 2.45) is 5.92 Å². The van der Waals surface area contributed by atoms with Gasteiger partial charge in [-0.1, -0.05) is 26.0 Å². The Labute approximate surface area is 91.9 Å². The van der Waals surface area contributed by atoms with E-state index in [1.54, 1.807) is 0 Å². The lowest BCUT2D eigenvalue weighted by Gasteiger charge is -2.17. The number of Topliss-reactive ketones (excluding diaryl/α,β-unsaturated/α-hetero) is 1. The number of ketones is 1. The second kappa shape index (κ2) is 6.03. The lowest BCUT2D eigenvalue weighted by atomic mass is 9.93. The standard InChI is InChI=1S/C12H21NO2/c1-4-9(3)6-12(14)10-7-15-8-11(10)13-5-2/h10-11,13H,3-8H2,1-2H3. The molecule has 3 nitrogen and oxygen atoms in total. The first kappa shape index (κ1) is 12.4. The molecule has 0 bridgehead atoms. The van der Waals surface area contributed by atoms with Gasteiger partial charge in [-0.3, -0.25) is 4.79 Å². The smallest absolute Gasteiger partial charge is 0.143 e. The van der Waals surface area contributed by atoms with E-state index >= 15 is 0 Å². The van der Waals surface area contributed by atoms with Crippen molar-refractivity contribution >= 4 is 5.78 Å². The van der Waals surface area contributed by atoms with E-state index in [2.05, 4.69) is 11.9 Å². The molecule has 15 heavy (non-hydrogen) atoms. The Hall–Kier alpha value is -0.670. The van der Waals surface area contributed by atoms with Gasteiger partial charge in [-0.15, -0.1) is 0 Å². The number of carbonyl (C=O) groups is 1. The van der Waals surface area contributed by atoms with Crippen molar-refractivity contribution in [3.05, 3.63) is 12.2 Å². The summed E-state index contributed by atoms with van der Waals surface area (Å²) in [6.07, 6.45) is 1.39. The summed E-state index contributed by atoms with van der Waals surface area (Å²) in [5, 5.41) is 3.29. The van der Waals surface area contributed by atoms with Gasteiger partial charge in [-0.05, 0) is 13.0 Å². The maximum Gasteiger partial charge on any atom is 0.143 e. The quantitative estimate of drug-likeness (QED) is 0.677. The normalized spacial score (nSPS) is 25.5. The summed E-state index contributed by atoms with van der Waals surface area (Å²) < 4.78 is 5.35. The molecule has 1 saturated heterocycles. The van der Waals surface area contributed by atoms with Crippen molar-refractivity contribution in [1.82, 2.24) is 5.32 Å². The summed E-state index contributed by atoms with van der Waals surface area (Å²) in [5.41, 5.74) is 1.02. The Morgan fingerprint density at radius 3 is 2.80 bits per heavy atom. The van der Waals surface area contributed by atoms with Crippen LogP contribution in [0.25, 0.3) is 0 Å². The van der Waals surface area contributed by atoms with Crippen molar-refractivity contribution in [2.45, 2.75) is 32.7 Å². The molecule has 0 aromatic rings. The van der Waals surface area contributed by atoms with E-state index in [-0.39, 0.29) is 17.7 Å². The van der Waals surface area contributed by atoms with Gasteiger partial charge in [-0.2, -0.15) is 0 Å². The first-order chi connectivity index (χ1) is 7.19. The zero-order valence-electron chi connectivity index (χ0n) is 9.71. The summed E-state index contributed by atoms with van der Waals surface area (Å²) in [6.45, 7) is 10.1. The van der Waals surface area contributed by atoms with Crippen molar-refractivity contribution in [3.63, 3.8) is 0 Å². The molecule has 1 fully saturated rings. The minimum Gasteiger partial charge on any atom is -0.379 e. The predicted molar refractivity (Wildman–Crippen MR) is 60.8 cm³/mol. The molecule has 0 aliphatic carbocycles. The Morgan fingerprint density at radius 2 is 2.20 bits per heavy atom. The minimum atomic E-state index is 0.0215. The maximum atomic E-state index is 11.9. The lowest BCUT2D eigenvalue weighted by molar-refractivity contribution is -0.122. The van der Waals surface area contributed by atoms with Gasteiger partial charge in [0.25, 0.3) is 0 Å². The number of allylic oxidation sites excluding steroid dienone is 1. The molecule has 1 heterocycles. The van der Waals surface area contributed by atoms with Crippen LogP contribution < -0.4 is 5.32 Å². The van der Waals surface area contributed by atoms with E-state index < -0.39 is 0 Å². The molecule has 2 unspecified atom stereocenters. The largest absolute Gasteiger partial charge is 0.379 e. The van der Waals surface area contributed by atoms with Crippen LogP contribution in [0.1, 0.15) is 26.7 Å². The highest BCUT2D eigenvalue weighted by molar-refractivity contribution is 5.84. The maximum absolute atomic E-state index is 11.9. The zero-order chi connectivity index (χ0) is 11.3. The van der Waals surface area contributed by atoms with Crippen molar-refractivity contribution in [2.75, 3.05) is 19.8 Å². The molecule has 0 radical (unpaired) electrons. The molecule has 3 heteroatoms. The van der Waals surface area contributed by atoms with E-state index in [0.29, 0.717) is 19.6 Å². The van der Waals surface area contributed by atoms with Gasteiger partial charge in [0.15, 0.2) is 0 Å². The van der Waals surface area contributed by atoms with Gasteiger partial charge in [0.2, 0.25) is 0 Å². The summed E-state index contributed by atoms with van der Waals surface area (Å²) in [4.78, 5) is 11.9. The van der Waals surface area contributed by atoms with E-state index in [1.807, 2.05) is 13.8 Å². The van der Waals surface area contributed by atoms with Gasteiger partial charge in [0, 0.05) is 12.5 Å². The summed E-state index contributed by atoms with van der Waals surface area (Å²) in [5.74, 6) is 0.290. The molecule has 0 spiro atoms. The van der Waals surface area contributed by atoms with Crippen LogP contribution in [0.15, 0.2) is 12.2 Å². The average Bonchev–Trinajstić information content (AvgIpc) is 2.66. The van der Waals surface area contributed by atoms with Gasteiger partial charge in [-0.25, -0.2) is 0 Å². The molecule has 0 aromatic carbocycles. The van der Waals surface area contributed by atoms with Crippen LogP contribution in [-0.2, 0) is 9.53 Å². The molecule has 1 rings (SSSR count). The highest BCUT2D eigenvalue weighted by atomic mass is 16.5. The van der Waals surface area contributed by atoms with Gasteiger partial charge in [0.05, 0.1) is 19.1 Å². The fourth-order valence-electron chi connectivity index (χ4n) is 1.84. The second-order valence-corrected chi connectivity index (χ2v) is 4.05. The Kier molecular flexibility index (Phi) is 4.99. The third kappa shape index (κ3) is 3.43. The second-order valence-electron chi connectivity index (χ2n) is 4.05. The molecule has 0 aromatic heterocycles. The van der Waals surface area contributed by atoms with Gasteiger partial charge >= 0.3 is 0 Å². The van der Waals surface area contributed by atoms with Gasteiger partial charge < -0.3 is 10.1 Å². The molecule has 0 saturated carbocycles. The molecule has 2 atom stereocenters. The van der Waals surface area contributed by atoms with Gasteiger partial charge in [0.1, 0.15) is 5.78 Å². The van der Waals surface area contributed by atoms with Crippen molar-refractivity contribution < 1.29 is 9.53 Å². The monoisotopic (exact) mass is 211 g/mol. The fourth-order valence-corrected chi connectivity index (χ4v) is 1.84. The topological polar surface area (TPSA) is 38.3 Å². The molecule has 1 aliphatic rings. The number of likely N-dealkylation sites (N-methyl/N-ethyl adjacent to an activating group) is 1. The molecule has 86 valence electrons. The molecular formula is C12H21NO2. The molecule has 1 aliphatic heterocycles. The summed E-state index contributed by atoms with van der Waals surface area (Å²) >= 11 is 0. The minimum absolute atomic E-state index is 0.0215. The third-order valence-electron chi connectivity index (χ3n) is 2.88. The Bertz CT molecular complexity index is 238. The van der Waals surface area contributed by atoms with E-state index in [1.165, 1.54) is 0 Å². The first-order valence-corrected chi connectivity index (χ1v) is 5.69. The number of ether oxygens (including phenoxy) is 1. The van der Waals surface area contributed by atoms with E-state index in [0.717, 1.165) is 18.5 Å². The lowest BCUT2D eigenvalue weighted by Crippen LogP contribution is -2.39. The zero-order valence-corrected chi connectivity index (χ0v) is 9.71. The Balaban J connectivity index is 2.47. The van der Waals surface area contributed by atoms with Crippen LogP contribution in [-0.4, -0.2) is 31.6 Å².